The number of nitrogens with zero attached hydrogens (tertiary/aromatic N) is 2. The minimum atomic E-state index is 0. The number of aromatic nitrogens is 1. The number of hydrogen-bond donors (Lipinski definition) is 1. The quantitative estimate of drug-likeness (QED) is 0.724. The van der Waals surface area contributed by atoms with Gasteiger partial charge in [0.05, 0.1) is 5.56 Å². The molecule has 1 aromatic rings. The van der Waals surface area contributed by atoms with Crippen molar-refractivity contribution in [2.75, 3.05) is 11.9 Å². The molecule has 0 aliphatic carbocycles. The summed E-state index contributed by atoms with van der Waals surface area (Å²) in [5.41, 5.74) is 0.569. The monoisotopic (exact) mass is 197 g/mol. The third-order valence-electron chi connectivity index (χ3n) is 1.20. The number of anilines is 1. The van der Waals surface area contributed by atoms with Gasteiger partial charge in [-0.3, -0.25) is 0 Å². The Bertz CT molecular complexity index is 263. The third kappa shape index (κ3) is 2.95. The van der Waals surface area contributed by atoms with Gasteiger partial charge in [0.15, 0.2) is 0 Å². The van der Waals surface area contributed by atoms with Crippen molar-refractivity contribution in [3.8, 4) is 6.07 Å². The number of pyridine rings is 1. The predicted molar refractivity (Wildman–Crippen MR) is 42.8 cm³/mol. The van der Waals surface area contributed by atoms with Crippen molar-refractivity contribution in [1.82, 2.24) is 4.98 Å². The Hall–Kier alpha value is -0.976. The fourth-order valence-electron chi connectivity index (χ4n) is 0.693. The molecule has 1 N–H and O–H groups in total. The van der Waals surface area contributed by atoms with Gasteiger partial charge in [-0.1, -0.05) is 0 Å². The van der Waals surface area contributed by atoms with Crippen LogP contribution in [0.25, 0.3) is 0 Å². The summed E-state index contributed by atoms with van der Waals surface area (Å²) in [6, 6.07) is 5.46. The maximum atomic E-state index is 8.44. The average molecular weight is 197 g/mol. The van der Waals surface area contributed by atoms with Crippen LogP contribution in [0.1, 0.15) is 5.56 Å². The number of hydrogen-bond acceptors (Lipinski definition) is 3. The van der Waals surface area contributed by atoms with Crippen LogP contribution in [0.15, 0.2) is 18.3 Å². The van der Waals surface area contributed by atoms with E-state index in [9.17, 15) is 0 Å². The van der Waals surface area contributed by atoms with E-state index in [2.05, 4.69) is 17.2 Å². The second kappa shape index (κ2) is 5.65. The first kappa shape index (κ1) is 11.0. The Balaban J connectivity index is 0.00000121. The zero-order valence-corrected chi connectivity index (χ0v) is 7.88. The van der Waals surface area contributed by atoms with Gasteiger partial charge in [0, 0.05) is 24.8 Å². The van der Waals surface area contributed by atoms with Gasteiger partial charge >= 0.3 is 0 Å². The van der Waals surface area contributed by atoms with Crippen molar-refractivity contribution in [2.24, 2.45) is 0 Å². The zero-order valence-electron chi connectivity index (χ0n) is 6.49. The summed E-state index contributed by atoms with van der Waals surface area (Å²) in [7, 11) is 0. The Morgan fingerprint density at radius 1 is 1.58 bits per heavy atom. The van der Waals surface area contributed by atoms with Crippen LogP contribution in [0, 0.1) is 18.3 Å². The van der Waals surface area contributed by atoms with Gasteiger partial charge in [-0.05, 0) is 12.1 Å². The van der Waals surface area contributed by atoms with Gasteiger partial charge < -0.3 is 12.2 Å². The molecule has 12 heavy (non-hydrogen) atoms. The van der Waals surface area contributed by atoms with E-state index in [1.165, 1.54) is 6.20 Å². The van der Waals surface area contributed by atoms with Gasteiger partial charge in [-0.2, -0.15) is 5.26 Å². The molecule has 0 amide bonds. The van der Waals surface area contributed by atoms with E-state index >= 15 is 0 Å². The topological polar surface area (TPSA) is 48.7 Å². The summed E-state index contributed by atoms with van der Waals surface area (Å²) in [6.45, 7) is 4.20. The van der Waals surface area contributed by atoms with E-state index in [4.69, 9.17) is 5.26 Å². The molecule has 0 saturated heterocycles. The molecule has 0 aliphatic heterocycles. The van der Waals surface area contributed by atoms with Gasteiger partial charge in [0.2, 0.25) is 0 Å². The molecule has 1 aromatic heterocycles. The molecule has 0 fully saturated rings. The summed E-state index contributed by atoms with van der Waals surface area (Å²) in [5.74, 6) is 0.749. The van der Waals surface area contributed by atoms with E-state index in [1.807, 2.05) is 6.07 Å². The first-order chi connectivity index (χ1) is 5.36. The second-order valence-electron chi connectivity index (χ2n) is 1.97. The van der Waals surface area contributed by atoms with Gasteiger partial charge in [-0.15, -0.1) is 6.54 Å². The third-order valence-corrected chi connectivity index (χ3v) is 1.20. The SMILES string of the molecule is [CH2-]CNc1ccc(C#N)cn1.[V]. The number of nitriles is 1. The molecule has 0 aliphatic rings. The maximum Gasteiger partial charge on any atom is 0.123 e. The van der Waals surface area contributed by atoms with Gasteiger partial charge in [0.25, 0.3) is 0 Å². The Morgan fingerprint density at radius 3 is 2.75 bits per heavy atom. The van der Waals surface area contributed by atoms with Crippen LogP contribution in [0.4, 0.5) is 5.82 Å². The summed E-state index contributed by atoms with van der Waals surface area (Å²) in [6.07, 6.45) is 1.53. The van der Waals surface area contributed by atoms with Crippen LogP contribution in [0.2, 0.25) is 0 Å². The Morgan fingerprint density at radius 2 is 2.33 bits per heavy atom. The van der Waals surface area contributed by atoms with E-state index in [-0.39, 0.29) is 18.6 Å². The summed E-state index contributed by atoms with van der Waals surface area (Å²) in [4.78, 5) is 3.97. The van der Waals surface area contributed by atoms with Crippen LogP contribution in [-0.4, -0.2) is 11.5 Å². The minimum Gasteiger partial charge on any atom is -0.400 e. The molecule has 0 spiro atoms. The average Bonchev–Trinajstić information content (AvgIpc) is 2.07. The first-order valence-electron chi connectivity index (χ1n) is 3.26. The molecule has 0 atom stereocenters. The zero-order chi connectivity index (χ0) is 8.10. The van der Waals surface area contributed by atoms with E-state index < -0.39 is 0 Å². The van der Waals surface area contributed by atoms with Gasteiger partial charge in [-0.25, -0.2) is 4.98 Å². The van der Waals surface area contributed by atoms with Crippen molar-refractivity contribution in [1.29, 1.82) is 5.26 Å². The standard InChI is InChI=1S/C8H8N3.V/c1-2-10-8-4-3-7(5-9)6-11-8;/h3-4,6H,1-2H2,(H,10,11);/q-1;. The molecule has 0 unspecified atom stereocenters. The second-order valence-corrected chi connectivity index (χ2v) is 1.97. The summed E-state index contributed by atoms with van der Waals surface area (Å²) < 4.78 is 0. The minimum absolute atomic E-state index is 0. The van der Waals surface area contributed by atoms with Crippen molar-refractivity contribution >= 4 is 5.82 Å². The normalized spacial score (nSPS) is 8.00. The summed E-state index contributed by atoms with van der Waals surface area (Å²) in [5, 5.41) is 11.4. The molecule has 61 valence electrons. The number of rotatable bonds is 2. The van der Waals surface area contributed by atoms with Crippen LogP contribution in [-0.2, 0) is 18.6 Å². The first-order valence-corrected chi connectivity index (χ1v) is 3.26. The van der Waals surface area contributed by atoms with Gasteiger partial charge in [0.1, 0.15) is 11.9 Å². The Kier molecular flexibility index (Phi) is 5.19. The predicted octanol–water partition coefficient (Wildman–Crippen LogP) is 1.20. The molecule has 4 heteroatoms. The smallest absolute Gasteiger partial charge is 0.123 e. The molecular weight excluding hydrogens is 189 g/mol. The van der Waals surface area contributed by atoms with Crippen molar-refractivity contribution in [2.45, 2.75) is 0 Å². The fraction of sp³-hybridized carbons (Fsp3) is 0.125. The van der Waals surface area contributed by atoms with Crippen LogP contribution in [0.5, 0.6) is 0 Å². The molecule has 1 heterocycles. The van der Waals surface area contributed by atoms with Crippen LogP contribution >= 0.6 is 0 Å². The molecular formula is C8H8N3V-. The molecule has 3 nitrogen and oxygen atoms in total. The van der Waals surface area contributed by atoms with Crippen molar-refractivity contribution in [3.63, 3.8) is 0 Å². The maximum absolute atomic E-state index is 8.44. The molecule has 0 bridgehead atoms. The van der Waals surface area contributed by atoms with Crippen molar-refractivity contribution < 1.29 is 18.6 Å². The van der Waals surface area contributed by atoms with E-state index in [0.29, 0.717) is 12.1 Å². The fourth-order valence-corrected chi connectivity index (χ4v) is 0.693. The molecule has 0 saturated carbocycles. The summed E-state index contributed by atoms with van der Waals surface area (Å²) >= 11 is 0. The molecule has 1 rings (SSSR count). The van der Waals surface area contributed by atoms with E-state index in [1.54, 1.807) is 12.1 Å². The molecule has 1 radical (unpaired) electrons. The van der Waals surface area contributed by atoms with Crippen LogP contribution in [0.3, 0.4) is 0 Å². The van der Waals surface area contributed by atoms with E-state index in [0.717, 1.165) is 5.82 Å². The largest absolute Gasteiger partial charge is 0.400 e. The number of nitrogens with one attached hydrogen (secondary N) is 1. The van der Waals surface area contributed by atoms with Crippen molar-refractivity contribution in [3.05, 3.63) is 30.8 Å². The van der Waals surface area contributed by atoms with Crippen LogP contribution < -0.4 is 5.32 Å². The Labute approximate surface area is 83.7 Å². The molecule has 0 aromatic carbocycles.